The molecule has 1 aromatic rings. The zero-order valence-electron chi connectivity index (χ0n) is 10.9. The SMILES string of the molecule is CCO[Si](c1ccccc1)(N(C)C)N(C)C. The normalized spacial score (nSPS) is 12.4. The Labute approximate surface area is 99.9 Å². The highest BCUT2D eigenvalue weighted by atomic mass is 28.4. The van der Waals surface area contributed by atoms with E-state index >= 15 is 0 Å². The molecule has 1 rings (SSSR count). The molecule has 16 heavy (non-hydrogen) atoms. The Kier molecular flexibility index (Phi) is 4.67. The Morgan fingerprint density at radius 3 is 1.88 bits per heavy atom. The first-order valence-electron chi connectivity index (χ1n) is 5.60. The van der Waals surface area contributed by atoms with Crippen molar-refractivity contribution in [2.45, 2.75) is 6.92 Å². The van der Waals surface area contributed by atoms with Crippen LogP contribution in [0.15, 0.2) is 30.3 Å². The molecule has 0 atom stereocenters. The maximum absolute atomic E-state index is 6.13. The molecule has 0 aliphatic rings. The molecule has 0 spiro atoms. The minimum atomic E-state index is -2.16. The van der Waals surface area contributed by atoms with Gasteiger partial charge in [-0.1, -0.05) is 30.3 Å². The fourth-order valence-electron chi connectivity index (χ4n) is 2.11. The van der Waals surface area contributed by atoms with Gasteiger partial charge in [0, 0.05) is 6.61 Å². The minimum absolute atomic E-state index is 0.734. The molecule has 90 valence electrons. The molecule has 0 radical (unpaired) electrons. The smallest absolute Gasteiger partial charge is 0.388 e. The predicted molar refractivity (Wildman–Crippen MR) is 70.8 cm³/mol. The Morgan fingerprint density at radius 2 is 1.50 bits per heavy atom. The van der Waals surface area contributed by atoms with Crippen molar-refractivity contribution in [3.63, 3.8) is 0 Å². The quantitative estimate of drug-likeness (QED) is 0.712. The molecule has 0 heterocycles. The summed E-state index contributed by atoms with van der Waals surface area (Å²) in [6, 6.07) is 10.5. The van der Waals surface area contributed by atoms with E-state index in [1.54, 1.807) is 0 Å². The lowest BCUT2D eigenvalue weighted by Crippen LogP contribution is -2.71. The lowest BCUT2D eigenvalue weighted by Gasteiger charge is -2.41. The summed E-state index contributed by atoms with van der Waals surface area (Å²) >= 11 is 0. The average Bonchev–Trinajstić information content (AvgIpc) is 2.26. The molecule has 4 heteroatoms. The third-order valence-electron chi connectivity index (χ3n) is 2.71. The molecular formula is C12H22N2OSi. The van der Waals surface area contributed by atoms with Crippen molar-refractivity contribution in [1.29, 1.82) is 0 Å². The minimum Gasteiger partial charge on any atom is -0.388 e. The van der Waals surface area contributed by atoms with Gasteiger partial charge in [0.1, 0.15) is 0 Å². The van der Waals surface area contributed by atoms with Gasteiger partial charge in [-0.15, -0.1) is 0 Å². The summed E-state index contributed by atoms with van der Waals surface area (Å²) in [5, 5.41) is 1.28. The van der Waals surface area contributed by atoms with Crippen molar-refractivity contribution < 1.29 is 4.43 Å². The van der Waals surface area contributed by atoms with Gasteiger partial charge in [-0.25, -0.2) is 0 Å². The van der Waals surface area contributed by atoms with E-state index in [1.165, 1.54) is 5.19 Å². The zero-order chi connectivity index (χ0) is 12.2. The summed E-state index contributed by atoms with van der Waals surface area (Å²) < 4.78 is 10.6. The monoisotopic (exact) mass is 238 g/mol. The molecule has 0 aliphatic heterocycles. The molecule has 0 bridgehead atoms. The summed E-state index contributed by atoms with van der Waals surface area (Å²) in [5.41, 5.74) is 0. The van der Waals surface area contributed by atoms with Gasteiger partial charge in [-0.3, -0.25) is 9.13 Å². The maximum atomic E-state index is 6.13. The van der Waals surface area contributed by atoms with Crippen molar-refractivity contribution in [3.05, 3.63) is 30.3 Å². The van der Waals surface area contributed by atoms with Gasteiger partial charge in [0.05, 0.1) is 0 Å². The van der Waals surface area contributed by atoms with E-state index in [9.17, 15) is 0 Å². The Balaban J connectivity index is 3.21. The summed E-state index contributed by atoms with van der Waals surface area (Å²) in [5.74, 6) is 0. The van der Waals surface area contributed by atoms with Crippen LogP contribution in [0.25, 0.3) is 0 Å². The molecule has 0 aliphatic carbocycles. The second-order valence-corrected chi connectivity index (χ2v) is 8.07. The standard InChI is InChI=1S/C12H22N2OSi/c1-6-15-16(13(2)3,14(4)5)12-10-8-7-9-11-12/h7-11H,6H2,1-5H3. The van der Waals surface area contributed by atoms with Gasteiger partial charge in [0.15, 0.2) is 0 Å². The van der Waals surface area contributed by atoms with E-state index in [0.717, 1.165) is 6.61 Å². The van der Waals surface area contributed by atoms with Gasteiger partial charge in [0.25, 0.3) is 0 Å². The van der Waals surface area contributed by atoms with Crippen LogP contribution in [-0.4, -0.2) is 52.6 Å². The molecule has 0 N–H and O–H groups in total. The Morgan fingerprint density at radius 1 is 1.00 bits per heavy atom. The van der Waals surface area contributed by atoms with Crippen LogP contribution in [0.3, 0.4) is 0 Å². The Hall–Kier alpha value is -0.683. The van der Waals surface area contributed by atoms with Crippen molar-refractivity contribution in [2.75, 3.05) is 34.8 Å². The van der Waals surface area contributed by atoms with E-state index in [2.05, 4.69) is 68.5 Å². The third kappa shape index (κ3) is 2.35. The highest BCUT2D eigenvalue weighted by Crippen LogP contribution is 2.11. The maximum Gasteiger partial charge on any atom is 0.391 e. The largest absolute Gasteiger partial charge is 0.391 e. The first-order valence-corrected chi connectivity index (χ1v) is 7.40. The van der Waals surface area contributed by atoms with E-state index in [4.69, 9.17) is 4.43 Å². The van der Waals surface area contributed by atoms with E-state index in [0.29, 0.717) is 0 Å². The summed E-state index contributed by atoms with van der Waals surface area (Å²) in [4.78, 5) is 0. The van der Waals surface area contributed by atoms with E-state index in [-0.39, 0.29) is 0 Å². The molecular weight excluding hydrogens is 216 g/mol. The van der Waals surface area contributed by atoms with E-state index < -0.39 is 8.64 Å². The van der Waals surface area contributed by atoms with Crippen LogP contribution >= 0.6 is 0 Å². The molecule has 3 nitrogen and oxygen atoms in total. The zero-order valence-corrected chi connectivity index (χ0v) is 11.9. The van der Waals surface area contributed by atoms with Gasteiger partial charge < -0.3 is 4.43 Å². The van der Waals surface area contributed by atoms with Crippen LogP contribution in [-0.2, 0) is 4.43 Å². The topological polar surface area (TPSA) is 15.7 Å². The second-order valence-electron chi connectivity index (χ2n) is 4.20. The van der Waals surface area contributed by atoms with Crippen LogP contribution in [0.4, 0.5) is 0 Å². The molecule has 0 fully saturated rings. The number of hydrogen-bond acceptors (Lipinski definition) is 3. The van der Waals surface area contributed by atoms with Gasteiger partial charge in [-0.2, -0.15) is 0 Å². The molecule has 0 aromatic heterocycles. The van der Waals surface area contributed by atoms with Crippen molar-refractivity contribution in [2.24, 2.45) is 0 Å². The van der Waals surface area contributed by atoms with Crippen molar-refractivity contribution >= 4 is 13.8 Å². The molecule has 0 saturated heterocycles. The molecule has 0 unspecified atom stereocenters. The lowest BCUT2D eigenvalue weighted by atomic mass is 10.4. The first kappa shape index (κ1) is 13.4. The van der Waals surface area contributed by atoms with Gasteiger partial charge >= 0.3 is 8.64 Å². The molecule has 0 amide bonds. The highest BCUT2D eigenvalue weighted by Gasteiger charge is 2.43. The summed E-state index contributed by atoms with van der Waals surface area (Å²) in [7, 11) is 6.21. The number of hydrogen-bond donors (Lipinski definition) is 0. The van der Waals surface area contributed by atoms with E-state index in [1.807, 2.05) is 6.07 Å². The lowest BCUT2D eigenvalue weighted by molar-refractivity contribution is 0.238. The first-order chi connectivity index (χ1) is 7.55. The van der Waals surface area contributed by atoms with Crippen molar-refractivity contribution in [1.82, 2.24) is 9.13 Å². The summed E-state index contributed by atoms with van der Waals surface area (Å²) in [6.07, 6.45) is 0. The van der Waals surface area contributed by atoms with Gasteiger partial charge in [-0.05, 0) is 40.3 Å². The summed E-state index contributed by atoms with van der Waals surface area (Å²) in [6.45, 7) is 2.79. The average molecular weight is 238 g/mol. The predicted octanol–water partition coefficient (Wildman–Crippen LogP) is 0.992. The Bertz CT molecular complexity index is 306. The number of nitrogens with zero attached hydrogens (tertiary/aromatic N) is 2. The second kappa shape index (κ2) is 5.59. The molecule has 0 saturated carbocycles. The highest BCUT2D eigenvalue weighted by molar-refractivity contribution is 6.81. The van der Waals surface area contributed by atoms with Crippen LogP contribution in [0.2, 0.25) is 0 Å². The van der Waals surface area contributed by atoms with Crippen molar-refractivity contribution in [3.8, 4) is 0 Å². The molecule has 1 aromatic carbocycles. The fraction of sp³-hybridized carbons (Fsp3) is 0.500. The van der Waals surface area contributed by atoms with Crippen LogP contribution in [0.5, 0.6) is 0 Å². The van der Waals surface area contributed by atoms with Crippen LogP contribution < -0.4 is 5.19 Å². The number of benzene rings is 1. The third-order valence-corrected chi connectivity index (χ3v) is 6.91. The van der Waals surface area contributed by atoms with Crippen LogP contribution in [0, 0.1) is 0 Å². The van der Waals surface area contributed by atoms with Gasteiger partial charge in [0.2, 0.25) is 0 Å². The number of rotatable bonds is 5. The van der Waals surface area contributed by atoms with Crippen LogP contribution in [0.1, 0.15) is 6.92 Å². The fourth-order valence-corrected chi connectivity index (χ4v) is 5.66.